The summed E-state index contributed by atoms with van der Waals surface area (Å²) in [5, 5.41) is 6.36. The highest BCUT2D eigenvalue weighted by molar-refractivity contribution is 7.09. The average molecular weight is 323 g/mol. The molecule has 3 rings (SSSR count). The lowest BCUT2D eigenvalue weighted by molar-refractivity contribution is -0.130. The van der Waals surface area contributed by atoms with Crippen LogP contribution in [-0.4, -0.2) is 47.1 Å². The number of aromatic nitrogens is 1. The highest BCUT2D eigenvalue weighted by atomic mass is 32.1. The molecule has 3 heterocycles. The SMILES string of the molecule is CC(=O)NC1CCOC2(CCN(Cc3csc(C)n3)CC2)C1. The third kappa shape index (κ3) is 3.86. The van der Waals surface area contributed by atoms with Crippen molar-refractivity contribution >= 4 is 17.2 Å². The lowest BCUT2D eigenvalue weighted by Gasteiger charge is -2.46. The van der Waals surface area contributed by atoms with Gasteiger partial charge in [-0.05, 0) is 32.6 Å². The van der Waals surface area contributed by atoms with Crippen LogP contribution in [0.4, 0.5) is 0 Å². The average Bonchev–Trinajstić information content (AvgIpc) is 2.87. The molecule has 1 unspecified atom stereocenters. The van der Waals surface area contributed by atoms with Gasteiger partial charge < -0.3 is 10.1 Å². The first-order chi connectivity index (χ1) is 10.5. The van der Waals surface area contributed by atoms with E-state index in [1.54, 1.807) is 18.3 Å². The van der Waals surface area contributed by atoms with Gasteiger partial charge in [0.2, 0.25) is 5.91 Å². The van der Waals surface area contributed by atoms with Crippen LogP contribution in [0, 0.1) is 6.92 Å². The fourth-order valence-corrected chi connectivity index (χ4v) is 4.22. The molecule has 1 aromatic rings. The number of carbonyl (C=O) groups excluding carboxylic acids is 1. The lowest BCUT2D eigenvalue weighted by atomic mass is 9.82. The van der Waals surface area contributed by atoms with Gasteiger partial charge in [-0.3, -0.25) is 9.69 Å². The Bertz CT molecular complexity index is 523. The van der Waals surface area contributed by atoms with Crippen LogP contribution in [0.3, 0.4) is 0 Å². The van der Waals surface area contributed by atoms with E-state index < -0.39 is 0 Å². The van der Waals surface area contributed by atoms with E-state index in [9.17, 15) is 4.79 Å². The maximum absolute atomic E-state index is 11.3. The maximum Gasteiger partial charge on any atom is 0.217 e. The minimum Gasteiger partial charge on any atom is -0.375 e. The van der Waals surface area contributed by atoms with Gasteiger partial charge in [0.05, 0.1) is 16.3 Å². The van der Waals surface area contributed by atoms with E-state index in [0.717, 1.165) is 56.9 Å². The van der Waals surface area contributed by atoms with Gasteiger partial charge in [0.1, 0.15) is 0 Å². The molecule has 2 aliphatic rings. The summed E-state index contributed by atoms with van der Waals surface area (Å²) in [5.41, 5.74) is 1.15. The van der Waals surface area contributed by atoms with E-state index in [0.29, 0.717) is 0 Å². The van der Waals surface area contributed by atoms with Crippen LogP contribution in [0.1, 0.15) is 43.3 Å². The molecule has 1 amide bonds. The number of rotatable bonds is 3. The van der Waals surface area contributed by atoms with Crippen LogP contribution < -0.4 is 5.32 Å². The standard InChI is InChI=1S/C16H25N3O2S/c1-12(20)17-14-3-8-21-16(9-14)4-6-19(7-5-16)10-15-11-22-13(2)18-15/h11,14H,3-10H2,1-2H3,(H,17,20). The zero-order valence-electron chi connectivity index (χ0n) is 13.4. The third-order valence-electron chi connectivity index (χ3n) is 4.72. The number of thiazole rings is 1. The van der Waals surface area contributed by atoms with Crippen LogP contribution in [0.15, 0.2) is 5.38 Å². The number of ether oxygens (including phenoxy) is 1. The van der Waals surface area contributed by atoms with Crippen LogP contribution >= 0.6 is 11.3 Å². The molecule has 6 heteroatoms. The number of nitrogens with zero attached hydrogens (tertiary/aromatic N) is 2. The lowest BCUT2D eigenvalue weighted by Crippen LogP contribution is -2.53. The first-order valence-corrected chi connectivity index (χ1v) is 8.97. The Labute approximate surface area is 136 Å². The molecule has 22 heavy (non-hydrogen) atoms. The number of hydrogen-bond acceptors (Lipinski definition) is 5. The molecule has 2 fully saturated rings. The number of piperidine rings is 1. The molecule has 122 valence electrons. The van der Waals surface area contributed by atoms with Crippen molar-refractivity contribution in [3.8, 4) is 0 Å². The van der Waals surface area contributed by atoms with Crippen molar-refractivity contribution in [2.24, 2.45) is 0 Å². The largest absolute Gasteiger partial charge is 0.375 e. The molecule has 1 atom stereocenters. The molecule has 0 aromatic carbocycles. The summed E-state index contributed by atoms with van der Waals surface area (Å²) >= 11 is 1.72. The zero-order chi connectivity index (χ0) is 15.6. The normalized spacial score (nSPS) is 25.3. The quantitative estimate of drug-likeness (QED) is 0.925. The summed E-state index contributed by atoms with van der Waals surface area (Å²) in [7, 11) is 0. The predicted molar refractivity (Wildman–Crippen MR) is 86.9 cm³/mol. The summed E-state index contributed by atoms with van der Waals surface area (Å²) < 4.78 is 6.13. The number of nitrogens with one attached hydrogen (secondary N) is 1. The summed E-state index contributed by atoms with van der Waals surface area (Å²) in [5.74, 6) is 0.0680. The second-order valence-corrected chi connectivity index (χ2v) is 7.62. The molecule has 2 saturated heterocycles. The predicted octanol–water partition coefficient (Wildman–Crippen LogP) is 2.10. The van der Waals surface area contributed by atoms with Crippen molar-refractivity contribution in [1.82, 2.24) is 15.2 Å². The summed E-state index contributed by atoms with van der Waals surface area (Å²) in [6.07, 6.45) is 3.98. The number of hydrogen-bond donors (Lipinski definition) is 1. The molecule has 0 radical (unpaired) electrons. The first-order valence-electron chi connectivity index (χ1n) is 8.09. The molecule has 1 spiro atoms. The Hall–Kier alpha value is -0.980. The fraction of sp³-hybridized carbons (Fsp3) is 0.750. The van der Waals surface area contributed by atoms with Crippen molar-refractivity contribution < 1.29 is 9.53 Å². The third-order valence-corrected chi connectivity index (χ3v) is 5.54. The Morgan fingerprint density at radius 1 is 1.55 bits per heavy atom. The smallest absolute Gasteiger partial charge is 0.217 e. The van der Waals surface area contributed by atoms with Gasteiger partial charge >= 0.3 is 0 Å². The van der Waals surface area contributed by atoms with Gasteiger partial charge in [0.25, 0.3) is 0 Å². The van der Waals surface area contributed by atoms with Crippen LogP contribution in [0.25, 0.3) is 0 Å². The van der Waals surface area contributed by atoms with Crippen molar-refractivity contribution in [1.29, 1.82) is 0 Å². The highest BCUT2D eigenvalue weighted by Gasteiger charge is 2.40. The first kappa shape index (κ1) is 15.9. The Balaban J connectivity index is 1.52. The number of amides is 1. The van der Waals surface area contributed by atoms with Gasteiger partial charge in [-0.1, -0.05) is 0 Å². The second kappa shape index (κ2) is 6.64. The van der Waals surface area contributed by atoms with E-state index in [1.807, 2.05) is 0 Å². The number of likely N-dealkylation sites (tertiary alicyclic amines) is 1. The minimum atomic E-state index is -0.0279. The molecule has 0 aliphatic carbocycles. The van der Waals surface area contributed by atoms with Gasteiger partial charge in [0.15, 0.2) is 0 Å². The van der Waals surface area contributed by atoms with Crippen LogP contribution in [0.2, 0.25) is 0 Å². The molecular weight excluding hydrogens is 298 g/mol. The molecule has 0 bridgehead atoms. The van der Waals surface area contributed by atoms with E-state index in [1.165, 1.54) is 5.69 Å². The molecule has 0 saturated carbocycles. The van der Waals surface area contributed by atoms with E-state index in [-0.39, 0.29) is 17.6 Å². The molecular formula is C16H25N3O2S. The number of aryl methyl sites for hydroxylation is 1. The second-order valence-electron chi connectivity index (χ2n) is 6.56. The molecule has 2 aliphatic heterocycles. The van der Waals surface area contributed by atoms with Crippen molar-refractivity contribution in [2.45, 2.75) is 57.7 Å². The molecule has 1 aromatic heterocycles. The monoisotopic (exact) mass is 323 g/mol. The Morgan fingerprint density at radius 3 is 2.95 bits per heavy atom. The maximum atomic E-state index is 11.3. The van der Waals surface area contributed by atoms with Crippen molar-refractivity contribution in [2.75, 3.05) is 19.7 Å². The van der Waals surface area contributed by atoms with E-state index >= 15 is 0 Å². The van der Waals surface area contributed by atoms with Crippen LogP contribution in [-0.2, 0) is 16.1 Å². The summed E-state index contributed by atoms with van der Waals surface area (Å²) in [6, 6.07) is 0.277. The fourth-order valence-electron chi connectivity index (χ4n) is 3.62. The van der Waals surface area contributed by atoms with Gasteiger partial charge in [0, 0.05) is 44.6 Å². The Kier molecular flexibility index (Phi) is 4.80. The van der Waals surface area contributed by atoms with Gasteiger partial charge in [-0.25, -0.2) is 4.98 Å². The molecule has 1 N–H and O–H groups in total. The minimum absolute atomic E-state index is 0.0279. The van der Waals surface area contributed by atoms with Gasteiger partial charge in [-0.2, -0.15) is 0 Å². The highest BCUT2D eigenvalue weighted by Crippen LogP contribution is 2.35. The van der Waals surface area contributed by atoms with Gasteiger partial charge in [-0.15, -0.1) is 11.3 Å². The summed E-state index contributed by atoms with van der Waals surface area (Å²) in [6.45, 7) is 7.44. The van der Waals surface area contributed by atoms with Crippen molar-refractivity contribution in [3.63, 3.8) is 0 Å². The molecule has 5 nitrogen and oxygen atoms in total. The topological polar surface area (TPSA) is 54.5 Å². The number of carbonyl (C=O) groups is 1. The Morgan fingerprint density at radius 2 is 2.32 bits per heavy atom. The van der Waals surface area contributed by atoms with Crippen molar-refractivity contribution in [3.05, 3.63) is 16.1 Å². The van der Waals surface area contributed by atoms with Crippen LogP contribution in [0.5, 0.6) is 0 Å². The summed E-state index contributed by atoms with van der Waals surface area (Å²) in [4.78, 5) is 18.3. The zero-order valence-corrected chi connectivity index (χ0v) is 14.2. The van der Waals surface area contributed by atoms with E-state index in [4.69, 9.17) is 4.74 Å². The van der Waals surface area contributed by atoms with E-state index in [2.05, 4.69) is 27.5 Å².